The molecule has 0 aliphatic rings. The average Bonchev–Trinajstić information content (AvgIpc) is 2.72. The van der Waals surface area contributed by atoms with Crippen LogP contribution in [0.2, 0.25) is 0 Å². The molecule has 100 valence electrons. The molecule has 0 saturated heterocycles. The number of non-ortho nitro benzene ring substituents is 1. The first-order valence-electron chi connectivity index (χ1n) is 5.81. The number of nitrogens with one attached hydrogen (secondary N) is 1. The average molecular weight is 264 g/mol. The van der Waals surface area contributed by atoms with Gasteiger partial charge in [-0.2, -0.15) is 5.10 Å². The SMILES string of the molecule is CCCc1c(N)n[nH]c1-c1ccc([N+](=O)[O-])cc1F. The highest BCUT2D eigenvalue weighted by Gasteiger charge is 2.17. The summed E-state index contributed by atoms with van der Waals surface area (Å²) in [4.78, 5) is 9.94. The van der Waals surface area contributed by atoms with E-state index in [1.807, 2.05) is 6.92 Å². The largest absolute Gasteiger partial charge is 0.382 e. The van der Waals surface area contributed by atoms with Crippen molar-refractivity contribution in [1.82, 2.24) is 10.2 Å². The van der Waals surface area contributed by atoms with Crippen LogP contribution in [0.1, 0.15) is 18.9 Å². The summed E-state index contributed by atoms with van der Waals surface area (Å²) in [5.74, 6) is -0.343. The number of hydrogen-bond donors (Lipinski definition) is 2. The molecule has 0 spiro atoms. The molecule has 0 aliphatic carbocycles. The van der Waals surface area contributed by atoms with E-state index in [-0.39, 0.29) is 11.3 Å². The normalized spacial score (nSPS) is 10.6. The van der Waals surface area contributed by atoms with Crippen molar-refractivity contribution >= 4 is 11.5 Å². The number of rotatable bonds is 4. The third-order valence-corrected chi connectivity index (χ3v) is 2.83. The van der Waals surface area contributed by atoms with Crippen LogP contribution in [0, 0.1) is 15.9 Å². The van der Waals surface area contributed by atoms with Crippen LogP contribution in [0.25, 0.3) is 11.3 Å². The van der Waals surface area contributed by atoms with Crippen LogP contribution in [-0.4, -0.2) is 15.1 Å². The van der Waals surface area contributed by atoms with Gasteiger partial charge in [0, 0.05) is 17.2 Å². The van der Waals surface area contributed by atoms with Crippen molar-refractivity contribution in [2.75, 3.05) is 5.73 Å². The van der Waals surface area contributed by atoms with Gasteiger partial charge in [0.1, 0.15) is 11.6 Å². The summed E-state index contributed by atoms with van der Waals surface area (Å²) >= 11 is 0. The second-order valence-electron chi connectivity index (χ2n) is 4.13. The maximum Gasteiger partial charge on any atom is 0.272 e. The van der Waals surface area contributed by atoms with Crippen molar-refractivity contribution in [3.63, 3.8) is 0 Å². The van der Waals surface area contributed by atoms with Gasteiger partial charge in [-0.15, -0.1) is 0 Å². The molecule has 0 fully saturated rings. The predicted octanol–water partition coefficient (Wildman–Crippen LogP) is 2.66. The third-order valence-electron chi connectivity index (χ3n) is 2.83. The maximum absolute atomic E-state index is 13.9. The van der Waals surface area contributed by atoms with E-state index in [0.717, 1.165) is 18.1 Å². The molecule has 0 radical (unpaired) electrons. The number of aromatic amines is 1. The Morgan fingerprint density at radius 2 is 2.26 bits per heavy atom. The van der Waals surface area contributed by atoms with Crippen LogP contribution in [-0.2, 0) is 6.42 Å². The molecule has 19 heavy (non-hydrogen) atoms. The molecule has 1 heterocycles. The minimum Gasteiger partial charge on any atom is -0.382 e. The molecule has 0 aliphatic heterocycles. The summed E-state index contributed by atoms with van der Waals surface area (Å²) < 4.78 is 13.9. The molecule has 7 heteroatoms. The van der Waals surface area contributed by atoms with E-state index in [1.165, 1.54) is 12.1 Å². The highest BCUT2D eigenvalue weighted by molar-refractivity contribution is 5.69. The maximum atomic E-state index is 13.9. The number of benzene rings is 1. The molecule has 0 amide bonds. The number of nitrogen functional groups attached to an aromatic ring is 1. The van der Waals surface area contributed by atoms with E-state index < -0.39 is 10.7 Å². The molecule has 6 nitrogen and oxygen atoms in total. The van der Waals surface area contributed by atoms with Crippen LogP contribution in [0.15, 0.2) is 18.2 Å². The number of nitrogens with two attached hydrogens (primary N) is 1. The Labute approximate surface area is 108 Å². The zero-order valence-electron chi connectivity index (χ0n) is 10.3. The number of nitrogens with zero attached hydrogens (tertiary/aromatic N) is 2. The summed E-state index contributed by atoms with van der Waals surface area (Å²) in [5.41, 5.74) is 6.88. The fraction of sp³-hybridized carbons (Fsp3) is 0.250. The van der Waals surface area contributed by atoms with Gasteiger partial charge in [0.2, 0.25) is 0 Å². The molecule has 1 aromatic heterocycles. The number of aromatic nitrogens is 2. The fourth-order valence-corrected chi connectivity index (χ4v) is 1.93. The number of anilines is 1. The van der Waals surface area contributed by atoms with Gasteiger partial charge in [-0.05, 0) is 12.5 Å². The summed E-state index contributed by atoms with van der Waals surface area (Å²) in [6.45, 7) is 1.97. The van der Waals surface area contributed by atoms with Crippen molar-refractivity contribution in [2.24, 2.45) is 0 Å². The van der Waals surface area contributed by atoms with Crippen molar-refractivity contribution < 1.29 is 9.31 Å². The molecule has 0 atom stereocenters. The lowest BCUT2D eigenvalue weighted by Gasteiger charge is -2.04. The first kappa shape index (κ1) is 13.0. The number of nitro benzene ring substituents is 1. The quantitative estimate of drug-likeness (QED) is 0.655. The van der Waals surface area contributed by atoms with Gasteiger partial charge < -0.3 is 5.73 Å². The van der Waals surface area contributed by atoms with E-state index in [9.17, 15) is 14.5 Å². The Balaban J connectivity index is 2.50. The molecule has 0 bridgehead atoms. The first-order chi connectivity index (χ1) is 9.04. The molecule has 3 N–H and O–H groups in total. The summed E-state index contributed by atoms with van der Waals surface area (Å²) in [5, 5.41) is 17.1. The van der Waals surface area contributed by atoms with Crippen LogP contribution < -0.4 is 5.73 Å². The minimum absolute atomic E-state index is 0.234. The van der Waals surface area contributed by atoms with Crippen LogP contribution in [0.3, 0.4) is 0 Å². The topological polar surface area (TPSA) is 97.8 Å². The van der Waals surface area contributed by atoms with Crippen LogP contribution in [0.5, 0.6) is 0 Å². The van der Waals surface area contributed by atoms with Crippen LogP contribution >= 0.6 is 0 Å². The van der Waals surface area contributed by atoms with Crippen molar-refractivity contribution in [3.05, 3.63) is 39.7 Å². The smallest absolute Gasteiger partial charge is 0.272 e. The molecule has 0 unspecified atom stereocenters. The highest BCUT2D eigenvalue weighted by atomic mass is 19.1. The second-order valence-corrected chi connectivity index (χ2v) is 4.13. The zero-order valence-corrected chi connectivity index (χ0v) is 10.3. The van der Waals surface area contributed by atoms with E-state index in [2.05, 4.69) is 10.2 Å². The Kier molecular flexibility index (Phi) is 3.46. The fourth-order valence-electron chi connectivity index (χ4n) is 1.93. The molecule has 2 aromatic rings. The summed E-state index contributed by atoms with van der Waals surface area (Å²) in [6, 6.07) is 3.51. The van der Waals surface area contributed by atoms with E-state index in [0.29, 0.717) is 17.9 Å². The minimum atomic E-state index is -0.671. The predicted molar refractivity (Wildman–Crippen MR) is 69.0 cm³/mol. The van der Waals surface area contributed by atoms with Gasteiger partial charge in [-0.3, -0.25) is 15.2 Å². The van der Waals surface area contributed by atoms with Gasteiger partial charge in [-0.1, -0.05) is 13.3 Å². The van der Waals surface area contributed by atoms with Gasteiger partial charge in [-0.25, -0.2) is 4.39 Å². The van der Waals surface area contributed by atoms with E-state index in [4.69, 9.17) is 5.73 Å². The molecule has 2 rings (SSSR count). The molecule has 0 saturated carbocycles. The van der Waals surface area contributed by atoms with E-state index >= 15 is 0 Å². The van der Waals surface area contributed by atoms with Gasteiger partial charge in [0.15, 0.2) is 0 Å². The Morgan fingerprint density at radius 1 is 1.53 bits per heavy atom. The number of halogens is 1. The van der Waals surface area contributed by atoms with Crippen molar-refractivity contribution in [2.45, 2.75) is 19.8 Å². The molecular weight excluding hydrogens is 251 g/mol. The van der Waals surface area contributed by atoms with Gasteiger partial charge in [0.05, 0.1) is 16.7 Å². The standard InChI is InChI=1S/C12H13FN4O2/c1-2-3-9-11(15-16-12(9)14)8-5-4-7(17(18)19)6-10(8)13/h4-6H,2-3H2,1H3,(H3,14,15,16). The van der Waals surface area contributed by atoms with Crippen molar-refractivity contribution in [3.8, 4) is 11.3 Å². The monoisotopic (exact) mass is 264 g/mol. The Morgan fingerprint density at radius 3 is 2.84 bits per heavy atom. The van der Waals surface area contributed by atoms with Crippen LogP contribution in [0.4, 0.5) is 15.9 Å². The lowest BCUT2D eigenvalue weighted by Crippen LogP contribution is -1.95. The molecular formula is C12H13FN4O2. The number of nitro groups is 1. The van der Waals surface area contributed by atoms with Gasteiger partial charge in [0.25, 0.3) is 5.69 Å². The number of hydrogen-bond acceptors (Lipinski definition) is 4. The highest BCUT2D eigenvalue weighted by Crippen LogP contribution is 2.30. The van der Waals surface area contributed by atoms with E-state index in [1.54, 1.807) is 0 Å². The molecule has 1 aromatic carbocycles. The number of H-pyrrole nitrogens is 1. The third kappa shape index (κ3) is 2.40. The van der Waals surface area contributed by atoms with Gasteiger partial charge >= 0.3 is 0 Å². The zero-order chi connectivity index (χ0) is 14.0. The second kappa shape index (κ2) is 5.05. The Bertz CT molecular complexity index is 624. The summed E-state index contributed by atoms with van der Waals surface area (Å²) in [6.07, 6.45) is 1.50. The first-order valence-corrected chi connectivity index (χ1v) is 5.81. The lowest BCUT2D eigenvalue weighted by atomic mass is 10.0. The summed E-state index contributed by atoms with van der Waals surface area (Å²) in [7, 11) is 0. The van der Waals surface area contributed by atoms with Crippen molar-refractivity contribution in [1.29, 1.82) is 0 Å². The Hall–Kier alpha value is -2.44. The lowest BCUT2D eigenvalue weighted by molar-refractivity contribution is -0.385.